The molecule has 0 spiro atoms. The molecule has 1 atom stereocenters. The molecule has 0 aromatic carbocycles. The van der Waals surface area contributed by atoms with Crippen molar-refractivity contribution in [3.63, 3.8) is 0 Å². The first-order chi connectivity index (χ1) is 7.09. The molecule has 0 aliphatic carbocycles. The lowest BCUT2D eigenvalue weighted by molar-refractivity contribution is -0.149. The zero-order valence-corrected chi connectivity index (χ0v) is 9.54. The largest absolute Gasteiger partial charge is 0.461 e. The SMILES string of the molecule is CC(C)COC(=O)C1=CS[C@@H]2CC(=O)N12. The standard InChI is InChI=1S/C10H13NO3S/c1-6(2)4-14-10(13)7-5-15-9-3-8(12)11(7)9/h5-6,9H,3-4H2,1-2H3/t9-/m1/s1. The van der Waals surface area contributed by atoms with Gasteiger partial charge >= 0.3 is 5.97 Å². The van der Waals surface area contributed by atoms with Crippen LogP contribution >= 0.6 is 11.8 Å². The summed E-state index contributed by atoms with van der Waals surface area (Å²) >= 11 is 1.51. The Hall–Kier alpha value is -0.970. The number of rotatable bonds is 3. The van der Waals surface area contributed by atoms with E-state index in [1.165, 1.54) is 16.7 Å². The van der Waals surface area contributed by atoms with Crippen molar-refractivity contribution in [3.05, 3.63) is 11.1 Å². The molecule has 0 radical (unpaired) electrons. The minimum atomic E-state index is -0.383. The summed E-state index contributed by atoms with van der Waals surface area (Å²) in [7, 11) is 0. The molecule has 15 heavy (non-hydrogen) atoms. The van der Waals surface area contributed by atoms with Crippen molar-refractivity contribution in [1.82, 2.24) is 4.90 Å². The van der Waals surface area contributed by atoms with Gasteiger partial charge in [0.05, 0.1) is 18.4 Å². The van der Waals surface area contributed by atoms with Crippen LogP contribution in [-0.4, -0.2) is 28.8 Å². The van der Waals surface area contributed by atoms with E-state index in [2.05, 4.69) is 0 Å². The number of nitrogens with zero attached hydrogens (tertiary/aromatic N) is 1. The molecule has 0 N–H and O–H groups in total. The Bertz CT molecular complexity index is 338. The van der Waals surface area contributed by atoms with Crippen LogP contribution in [0.5, 0.6) is 0 Å². The van der Waals surface area contributed by atoms with Gasteiger partial charge in [-0.05, 0) is 5.92 Å². The van der Waals surface area contributed by atoms with Gasteiger partial charge < -0.3 is 4.74 Å². The number of hydrogen-bond donors (Lipinski definition) is 0. The smallest absolute Gasteiger partial charge is 0.355 e. The van der Waals surface area contributed by atoms with Crippen LogP contribution in [0.2, 0.25) is 0 Å². The maximum absolute atomic E-state index is 11.6. The Balaban J connectivity index is 1.93. The maximum atomic E-state index is 11.6. The quantitative estimate of drug-likeness (QED) is 0.539. The van der Waals surface area contributed by atoms with Crippen LogP contribution in [0, 0.1) is 5.92 Å². The van der Waals surface area contributed by atoms with E-state index in [0.29, 0.717) is 24.6 Å². The molecule has 2 aliphatic heterocycles. The Kier molecular flexibility index (Phi) is 2.73. The number of carbonyl (C=O) groups excluding carboxylic acids is 2. The highest BCUT2D eigenvalue weighted by atomic mass is 32.2. The zero-order chi connectivity index (χ0) is 11.0. The van der Waals surface area contributed by atoms with Crippen molar-refractivity contribution < 1.29 is 14.3 Å². The lowest BCUT2D eigenvalue weighted by Gasteiger charge is -2.34. The molecule has 1 fully saturated rings. The number of ether oxygens (including phenoxy) is 1. The first-order valence-electron chi connectivity index (χ1n) is 4.94. The van der Waals surface area contributed by atoms with Gasteiger partial charge in [0, 0.05) is 5.41 Å². The van der Waals surface area contributed by atoms with Crippen LogP contribution in [0.15, 0.2) is 11.1 Å². The Labute approximate surface area is 92.6 Å². The highest BCUT2D eigenvalue weighted by Gasteiger charge is 2.45. The van der Waals surface area contributed by atoms with Crippen LogP contribution in [0.1, 0.15) is 20.3 Å². The zero-order valence-electron chi connectivity index (χ0n) is 8.73. The fraction of sp³-hybridized carbons (Fsp3) is 0.600. The molecule has 4 nitrogen and oxygen atoms in total. The maximum Gasteiger partial charge on any atom is 0.355 e. The third kappa shape index (κ3) is 1.88. The predicted molar refractivity (Wildman–Crippen MR) is 56.7 cm³/mol. The summed E-state index contributed by atoms with van der Waals surface area (Å²) in [5.74, 6) is -0.0593. The lowest BCUT2D eigenvalue weighted by Crippen LogP contribution is -2.48. The number of hydrogen-bond acceptors (Lipinski definition) is 4. The number of fused-ring (bicyclic) bond motifs is 1. The average Bonchev–Trinajstić information content (AvgIpc) is 2.51. The summed E-state index contributed by atoms with van der Waals surface area (Å²) < 4.78 is 5.07. The van der Waals surface area contributed by atoms with Crippen molar-refractivity contribution in [2.75, 3.05) is 6.61 Å². The Morgan fingerprint density at radius 3 is 3.07 bits per heavy atom. The normalized spacial score (nSPS) is 23.7. The van der Waals surface area contributed by atoms with E-state index >= 15 is 0 Å². The van der Waals surface area contributed by atoms with Gasteiger partial charge in [0.2, 0.25) is 5.91 Å². The van der Waals surface area contributed by atoms with Crippen LogP contribution in [0.4, 0.5) is 0 Å². The molecule has 2 rings (SSSR count). The van der Waals surface area contributed by atoms with E-state index in [9.17, 15) is 9.59 Å². The fourth-order valence-corrected chi connectivity index (χ4v) is 2.54. The summed E-state index contributed by atoms with van der Waals surface area (Å²) in [6.07, 6.45) is 0.530. The number of β-lactam (4-membered cyclic amide) rings is 1. The molecule has 5 heteroatoms. The topological polar surface area (TPSA) is 46.6 Å². The first kappa shape index (κ1) is 10.5. The van der Waals surface area contributed by atoms with E-state index < -0.39 is 0 Å². The molecule has 1 saturated heterocycles. The van der Waals surface area contributed by atoms with Gasteiger partial charge in [0.1, 0.15) is 5.70 Å². The second kappa shape index (κ2) is 3.89. The van der Waals surface area contributed by atoms with Gasteiger partial charge in [-0.1, -0.05) is 13.8 Å². The minimum Gasteiger partial charge on any atom is -0.461 e. The Morgan fingerprint density at radius 2 is 2.47 bits per heavy atom. The highest BCUT2D eigenvalue weighted by Crippen LogP contribution is 2.40. The second-order valence-electron chi connectivity index (χ2n) is 4.05. The molecule has 2 heterocycles. The average molecular weight is 227 g/mol. The molecule has 0 unspecified atom stereocenters. The predicted octanol–water partition coefficient (Wildman–Crippen LogP) is 1.33. The van der Waals surface area contributed by atoms with Crippen LogP contribution in [0.25, 0.3) is 0 Å². The Morgan fingerprint density at radius 1 is 1.73 bits per heavy atom. The monoisotopic (exact) mass is 227 g/mol. The van der Waals surface area contributed by atoms with E-state index in [1.54, 1.807) is 5.41 Å². The van der Waals surface area contributed by atoms with Gasteiger partial charge in [-0.25, -0.2) is 4.79 Å². The molecule has 0 aromatic rings. The summed E-state index contributed by atoms with van der Waals surface area (Å²) in [6.45, 7) is 4.35. The summed E-state index contributed by atoms with van der Waals surface area (Å²) in [5.41, 5.74) is 0.405. The van der Waals surface area contributed by atoms with Crippen molar-refractivity contribution >= 4 is 23.6 Å². The molecular formula is C10H13NO3S. The molecule has 0 saturated carbocycles. The highest BCUT2D eigenvalue weighted by molar-refractivity contribution is 8.03. The van der Waals surface area contributed by atoms with Crippen molar-refractivity contribution in [3.8, 4) is 0 Å². The number of carbonyl (C=O) groups is 2. The van der Waals surface area contributed by atoms with Crippen molar-refractivity contribution in [2.45, 2.75) is 25.6 Å². The van der Waals surface area contributed by atoms with E-state index in [1.807, 2.05) is 13.8 Å². The number of esters is 1. The minimum absolute atomic E-state index is 0.0118. The number of thioether (sulfide) groups is 1. The first-order valence-corrected chi connectivity index (χ1v) is 5.88. The fourth-order valence-electron chi connectivity index (χ4n) is 1.45. The van der Waals surface area contributed by atoms with Crippen molar-refractivity contribution in [2.24, 2.45) is 5.92 Å². The molecule has 0 bridgehead atoms. The molecule has 2 aliphatic rings. The van der Waals surface area contributed by atoms with Gasteiger partial charge in [-0.2, -0.15) is 0 Å². The second-order valence-corrected chi connectivity index (χ2v) is 5.11. The molecule has 0 aromatic heterocycles. The molecule has 1 amide bonds. The third-order valence-electron chi connectivity index (χ3n) is 2.26. The van der Waals surface area contributed by atoms with Crippen LogP contribution in [-0.2, 0) is 14.3 Å². The van der Waals surface area contributed by atoms with Gasteiger partial charge in [0.15, 0.2) is 0 Å². The third-order valence-corrected chi connectivity index (χ3v) is 3.31. The summed E-state index contributed by atoms with van der Waals surface area (Å²) in [4.78, 5) is 24.3. The van der Waals surface area contributed by atoms with Gasteiger partial charge in [-0.3, -0.25) is 9.69 Å². The summed E-state index contributed by atoms with van der Waals surface area (Å²) in [6, 6.07) is 0. The molecular weight excluding hydrogens is 214 g/mol. The van der Waals surface area contributed by atoms with E-state index in [0.717, 1.165) is 0 Å². The van der Waals surface area contributed by atoms with Gasteiger partial charge in [0.25, 0.3) is 0 Å². The van der Waals surface area contributed by atoms with Crippen LogP contribution < -0.4 is 0 Å². The molecule has 82 valence electrons. The van der Waals surface area contributed by atoms with E-state index in [-0.39, 0.29) is 17.3 Å². The van der Waals surface area contributed by atoms with Crippen LogP contribution in [0.3, 0.4) is 0 Å². The van der Waals surface area contributed by atoms with Gasteiger partial charge in [-0.15, -0.1) is 11.8 Å². The van der Waals surface area contributed by atoms with E-state index in [4.69, 9.17) is 4.74 Å². The van der Waals surface area contributed by atoms with Crippen molar-refractivity contribution in [1.29, 1.82) is 0 Å². The lowest BCUT2D eigenvalue weighted by atomic mass is 10.2. The number of amides is 1. The summed E-state index contributed by atoms with van der Waals surface area (Å²) in [5, 5.41) is 1.86.